The lowest BCUT2D eigenvalue weighted by Gasteiger charge is -2.22. The molecule has 1 unspecified atom stereocenters. The molecule has 26 heavy (non-hydrogen) atoms. The minimum atomic E-state index is -0.210. The molecule has 5 heteroatoms. The normalized spacial score (nSPS) is 12.0. The molecule has 0 radical (unpaired) electrons. The Kier molecular flexibility index (Phi) is 4.46. The van der Waals surface area contributed by atoms with E-state index in [-0.39, 0.29) is 11.8 Å². The average molecular weight is 362 g/mol. The van der Waals surface area contributed by atoms with Crippen molar-refractivity contribution in [3.8, 4) is 11.5 Å². The van der Waals surface area contributed by atoms with Crippen molar-refractivity contribution in [2.45, 2.75) is 6.04 Å². The number of anilines is 1. The summed E-state index contributed by atoms with van der Waals surface area (Å²) in [5.74, 6) is 0.955. The van der Waals surface area contributed by atoms with Gasteiger partial charge in [0, 0.05) is 22.0 Å². The third-order valence-corrected chi connectivity index (χ3v) is 5.26. The number of phenols is 1. The van der Waals surface area contributed by atoms with Crippen molar-refractivity contribution in [1.82, 2.24) is 4.98 Å². The summed E-state index contributed by atoms with van der Waals surface area (Å²) in [6, 6.07) is 19.4. The zero-order chi connectivity index (χ0) is 17.9. The molecule has 4 nitrogen and oxygen atoms in total. The van der Waals surface area contributed by atoms with Crippen molar-refractivity contribution < 1.29 is 9.84 Å². The first-order valence-corrected chi connectivity index (χ1v) is 9.15. The number of aromatic hydroxyl groups is 1. The molecule has 0 saturated heterocycles. The molecule has 1 atom stereocenters. The monoisotopic (exact) mass is 362 g/mol. The van der Waals surface area contributed by atoms with Gasteiger partial charge in [0.15, 0.2) is 0 Å². The number of benzene rings is 2. The number of rotatable bonds is 5. The Morgan fingerprint density at radius 1 is 1.04 bits per heavy atom. The van der Waals surface area contributed by atoms with Crippen LogP contribution in [0.15, 0.2) is 72.2 Å². The minimum Gasteiger partial charge on any atom is -0.505 e. The average Bonchev–Trinajstić information content (AvgIpc) is 3.22. The van der Waals surface area contributed by atoms with Gasteiger partial charge in [0.2, 0.25) is 0 Å². The lowest BCUT2D eigenvalue weighted by molar-refractivity contribution is 0.416. The van der Waals surface area contributed by atoms with Gasteiger partial charge >= 0.3 is 0 Å². The van der Waals surface area contributed by atoms with E-state index >= 15 is 0 Å². The predicted octanol–water partition coefficient (Wildman–Crippen LogP) is 5.21. The highest BCUT2D eigenvalue weighted by Crippen LogP contribution is 2.39. The SMILES string of the molecule is COc1ccccc1NC(c1cccs1)c1ccc2cccnc2c1O. The van der Waals surface area contributed by atoms with Gasteiger partial charge in [-0.25, -0.2) is 0 Å². The van der Waals surface area contributed by atoms with E-state index in [1.54, 1.807) is 24.6 Å². The molecule has 4 aromatic rings. The first kappa shape index (κ1) is 16.4. The van der Waals surface area contributed by atoms with Crippen molar-refractivity contribution in [3.63, 3.8) is 0 Å². The van der Waals surface area contributed by atoms with E-state index in [1.807, 2.05) is 60.0 Å². The summed E-state index contributed by atoms with van der Waals surface area (Å²) >= 11 is 1.64. The molecular formula is C21H18N2O2S. The van der Waals surface area contributed by atoms with Crippen molar-refractivity contribution in [1.29, 1.82) is 0 Å². The van der Waals surface area contributed by atoms with E-state index in [2.05, 4.69) is 16.4 Å². The van der Waals surface area contributed by atoms with Crippen LogP contribution in [0.4, 0.5) is 5.69 Å². The van der Waals surface area contributed by atoms with E-state index in [0.29, 0.717) is 5.52 Å². The Labute approximate surface area is 155 Å². The fourth-order valence-electron chi connectivity index (χ4n) is 3.06. The summed E-state index contributed by atoms with van der Waals surface area (Å²) in [4.78, 5) is 5.45. The number of aromatic nitrogens is 1. The standard InChI is InChI=1S/C21H18N2O2S/c1-25-17-8-3-2-7-16(17)23-20(18-9-5-13-26-18)15-11-10-14-6-4-12-22-19(14)21(15)24/h2-13,20,23-24H,1H3. The second kappa shape index (κ2) is 7.06. The molecule has 0 saturated carbocycles. The second-order valence-corrected chi connectivity index (χ2v) is 6.85. The molecule has 130 valence electrons. The van der Waals surface area contributed by atoms with Crippen LogP contribution in [0.5, 0.6) is 11.5 Å². The summed E-state index contributed by atoms with van der Waals surface area (Å²) in [7, 11) is 1.65. The van der Waals surface area contributed by atoms with Crippen LogP contribution in [0, 0.1) is 0 Å². The number of pyridine rings is 1. The third kappa shape index (κ3) is 2.97. The van der Waals surface area contributed by atoms with E-state index in [4.69, 9.17) is 4.74 Å². The van der Waals surface area contributed by atoms with E-state index in [9.17, 15) is 5.11 Å². The molecule has 2 heterocycles. The van der Waals surface area contributed by atoms with Crippen molar-refractivity contribution in [2.75, 3.05) is 12.4 Å². The number of ether oxygens (including phenoxy) is 1. The number of methoxy groups -OCH3 is 1. The van der Waals surface area contributed by atoms with Gasteiger partial charge in [-0.05, 0) is 29.6 Å². The van der Waals surface area contributed by atoms with Crippen LogP contribution in [-0.4, -0.2) is 17.2 Å². The maximum Gasteiger partial charge on any atom is 0.147 e. The predicted molar refractivity (Wildman–Crippen MR) is 106 cm³/mol. The molecule has 0 aliphatic heterocycles. The molecule has 0 aliphatic carbocycles. The highest BCUT2D eigenvalue weighted by atomic mass is 32.1. The molecule has 2 N–H and O–H groups in total. The summed E-state index contributed by atoms with van der Waals surface area (Å²) in [6.07, 6.45) is 1.69. The van der Waals surface area contributed by atoms with E-state index in [1.165, 1.54) is 0 Å². The Morgan fingerprint density at radius 3 is 2.73 bits per heavy atom. The first-order chi connectivity index (χ1) is 12.8. The van der Waals surface area contributed by atoms with Gasteiger partial charge in [-0.3, -0.25) is 4.98 Å². The molecule has 0 aliphatic rings. The number of nitrogens with zero attached hydrogens (tertiary/aromatic N) is 1. The Morgan fingerprint density at radius 2 is 1.92 bits per heavy atom. The number of fused-ring (bicyclic) bond motifs is 1. The minimum absolute atomic E-state index is 0.198. The Hall–Kier alpha value is -3.05. The number of hydrogen-bond acceptors (Lipinski definition) is 5. The van der Waals surface area contributed by atoms with Crippen LogP contribution in [0.25, 0.3) is 10.9 Å². The van der Waals surface area contributed by atoms with Gasteiger partial charge in [-0.1, -0.05) is 36.4 Å². The van der Waals surface area contributed by atoms with Crippen LogP contribution >= 0.6 is 11.3 Å². The van der Waals surface area contributed by atoms with Gasteiger partial charge in [0.25, 0.3) is 0 Å². The van der Waals surface area contributed by atoms with Crippen LogP contribution in [0.1, 0.15) is 16.5 Å². The molecule has 0 spiro atoms. The van der Waals surface area contributed by atoms with Crippen LogP contribution in [0.2, 0.25) is 0 Å². The number of nitrogens with one attached hydrogen (secondary N) is 1. The quantitative estimate of drug-likeness (QED) is 0.511. The van der Waals surface area contributed by atoms with Crippen molar-refractivity contribution in [2.24, 2.45) is 0 Å². The first-order valence-electron chi connectivity index (χ1n) is 8.27. The lowest BCUT2D eigenvalue weighted by Crippen LogP contribution is -2.12. The molecule has 2 aromatic carbocycles. The molecule has 4 rings (SSSR count). The van der Waals surface area contributed by atoms with Gasteiger partial charge in [0.05, 0.1) is 18.8 Å². The lowest BCUT2D eigenvalue weighted by atomic mass is 10.0. The highest BCUT2D eigenvalue weighted by Gasteiger charge is 2.21. The van der Waals surface area contributed by atoms with Gasteiger partial charge in [0.1, 0.15) is 17.0 Å². The molecule has 0 bridgehead atoms. The smallest absolute Gasteiger partial charge is 0.147 e. The Bertz CT molecular complexity index is 1030. The summed E-state index contributed by atoms with van der Waals surface area (Å²) in [5.41, 5.74) is 2.26. The third-order valence-electron chi connectivity index (χ3n) is 4.32. The number of hydrogen-bond donors (Lipinski definition) is 2. The highest BCUT2D eigenvalue weighted by molar-refractivity contribution is 7.10. The largest absolute Gasteiger partial charge is 0.505 e. The maximum atomic E-state index is 10.9. The summed E-state index contributed by atoms with van der Waals surface area (Å²) in [5, 5.41) is 17.4. The number of thiophene rings is 1. The molecule has 0 amide bonds. The summed E-state index contributed by atoms with van der Waals surface area (Å²) in [6.45, 7) is 0. The molecular weight excluding hydrogens is 344 g/mol. The fourth-order valence-corrected chi connectivity index (χ4v) is 3.85. The number of para-hydroxylation sites is 2. The van der Waals surface area contributed by atoms with Gasteiger partial charge in [-0.2, -0.15) is 0 Å². The zero-order valence-electron chi connectivity index (χ0n) is 14.2. The topological polar surface area (TPSA) is 54.4 Å². The van der Waals surface area contributed by atoms with E-state index < -0.39 is 0 Å². The van der Waals surface area contributed by atoms with Crippen molar-refractivity contribution in [3.05, 3.63) is 82.7 Å². The van der Waals surface area contributed by atoms with Crippen LogP contribution < -0.4 is 10.1 Å². The van der Waals surface area contributed by atoms with Crippen LogP contribution in [-0.2, 0) is 0 Å². The van der Waals surface area contributed by atoms with E-state index in [0.717, 1.165) is 27.3 Å². The van der Waals surface area contributed by atoms with Gasteiger partial charge < -0.3 is 15.2 Å². The maximum absolute atomic E-state index is 10.9. The molecule has 0 fully saturated rings. The van der Waals surface area contributed by atoms with Gasteiger partial charge in [-0.15, -0.1) is 11.3 Å². The second-order valence-electron chi connectivity index (χ2n) is 5.87. The summed E-state index contributed by atoms with van der Waals surface area (Å²) < 4.78 is 5.47. The van der Waals surface area contributed by atoms with Crippen molar-refractivity contribution >= 4 is 27.9 Å². The number of phenolic OH excluding ortho intramolecular Hbond substituents is 1. The zero-order valence-corrected chi connectivity index (χ0v) is 15.0. The Balaban J connectivity index is 1.83. The van der Waals surface area contributed by atoms with Crippen LogP contribution in [0.3, 0.4) is 0 Å². The molecule has 2 aromatic heterocycles. The fraction of sp³-hybridized carbons (Fsp3) is 0.0952.